The van der Waals surface area contributed by atoms with Gasteiger partial charge in [-0.15, -0.1) is 0 Å². The predicted octanol–water partition coefficient (Wildman–Crippen LogP) is 1.37. The van der Waals surface area contributed by atoms with E-state index in [0.717, 1.165) is 82.8 Å². The van der Waals surface area contributed by atoms with E-state index in [9.17, 15) is 4.79 Å². The lowest BCUT2D eigenvalue weighted by atomic mass is 9.96. The van der Waals surface area contributed by atoms with Crippen molar-refractivity contribution in [3.05, 3.63) is 45.1 Å². The molecule has 3 aliphatic rings. The molecule has 4 heterocycles. The summed E-state index contributed by atoms with van der Waals surface area (Å²) in [5.41, 5.74) is 4.71. The van der Waals surface area contributed by atoms with E-state index in [1.165, 1.54) is 11.3 Å². The second kappa shape index (κ2) is 7.20. The Bertz CT molecular complexity index is 855. The van der Waals surface area contributed by atoms with Crippen LogP contribution in [0.25, 0.3) is 0 Å². The van der Waals surface area contributed by atoms with Crippen LogP contribution in [0.1, 0.15) is 41.9 Å². The van der Waals surface area contributed by atoms with Crippen LogP contribution in [-0.2, 0) is 43.8 Å². The normalized spacial score (nSPS) is 20.6. The largest absolute Gasteiger partial charge is 0.373 e. The predicted molar refractivity (Wildman–Crippen MR) is 100 cm³/mol. The Labute approximate surface area is 158 Å². The topological polar surface area (TPSA) is 65.2 Å². The van der Waals surface area contributed by atoms with Gasteiger partial charge < -0.3 is 4.74 Å². The lowest BCUT2D eigenvalue weighted by Gasteiger charge is -2.31. The average Bonchev–Trinajstić information content (AvgIpc) is 3.29. The van der Waals surface area contributed by atoms with E-state index in [1.807, 2.05) is 6.07 Å². The first kappa shape index (κ1) is 17.1. The van der Waals surface area contributed by atoms with E-state index in [2.05, 4.69) is 20.7 Å². The number of hydrogen-bond acceptors (Lipinski definition) is 5. The fourth-order valence-corrected chi connectivity index (χ4v) is 4.60. The summed E-state index contributed by atoms with van der Waals surface area (Å²) in [5, 5.41) is 9.35. The number of ether oxygens (including phenoxy) is 1. The van der Waals surface area contributed by atoms with E-state index in [4.69, 9.17) is 9.84 Å². The molecule has 2 aromatic heterocycles. The van der Waals surface area contributed by atoms with E-state index >= 15 is 0 Å². The van der Waals surface area contributed by atoms with Crippen molar-refractivity contribution in [2.45, 2.75) is 58.3 Å². The third-order valence-corrected chi connectivity index (χ3v) is 6.16. The molecule has 2 aromatic rings. The van der Waals surface area contributed by atoms with Crippen molar-refractivity contribution >= 4 is 0 Å². The zero-order valence-electron chi connectivity index (χ0n) is 15.8. The van der Waals surface area contributed by atoms with Crippen molar-refractivity contribution in [3.8, 4) is 0 Å². The van der Waals surface area contributed by atoms with Gasteiger partial charge in [-0.3, -0.25) is 14.4 Å². The Morgan fingerprint density at radius 1 is 1.11 bits per heavy atom. The highest BCUT2D eigenvalue weighted by molar-refractivity contribution is 5.22. The number of piperidine rings is 1. The molecule has 1 saturated heterocycles. The quantitative estimate of drug-likeness (QED) is 0.814. The Morgan fingerprint density at radius 2 is 2.00 bits per heavy atom. The zero-order valence-corrected chi connectivity index (χ0v) is 15.8. The van der Waals surface area contributed by atoms with Crippen molar-refractivity contribution in [3.63, 3.8) is 0 Å². The minimum absolute atomic E-state index is 0.0730. The fraction of sp³-hybridized carbons (Fsp3) is 0.650. The highest BCUT2D eigenvalue weighted by atomic mass is 16.5. The number of nitrogens with zero attached hydrogens (tertiary/aromatic N) is 5. The average molecular weight is 369 g/mol. The highest BCUT2D eigenvalue weighted by Gasteiger charge is 2.23. The van der Waals surface area contributed by atoms with Crippen molar-refractivity contribution in [2.24, 2.45) is 5.92 Å². The number of aromatic nitrogens is 4. The van der Waals surface area contributed by atoms with Crippen molar-refractivity contribution in [2.75, 3.05) is 19.7 Å². The minimum Gasteiger partial charge on any atom is -0.373 e. The van der Waals surface area contributed by atoms with Crippen molar-refractivity contribution in [1.29, 1.82) is 0 Å². The van der Waals surface area contributed by atoms with Gasteiger partial charge in [0.25, 0.3) is 5.56 Å². The molecule has 0 spiro atoms. The number of hydrogen-bond donors (Lipinski definition) is 0. The molecule has 0 radical (unpaired) electrons. The maximum atomic E-state index is 12.3. The monoisotopic (exact) mass is 369 g/mol. The van der Waals surface area contributed by atoms with Gasteiger partial charge in [-0.25, -0.2) is 4.68 Å². The van der Waals surface area contributed by atoms with Gasteiger partial charge in [-0.1, -0.05) is 0 Å². The summed E-state index contributed by atoms with van der Waals surface area (Å²) in [6.45, 7) is 6.08. The Balaban J connectivity index is 1.17. The van der Waals surface area contributed by atoms with Gasteiger partial charge in [0, 0.05) is 19.2 Å². The van der Waals surface area contributed by atoms with Crippen LogP contribution in [0.2, 0.25) is 0 Å². The molecule has 0 saturated carbocycles. The van der Waals surface area contributed by atoms with Gasteiger partial charge in [-0.2, -0.15) is 10.2 Å². The molecule has 7 nitrogen and oxygen atoms in total. The van der Waals surface area contributed by atoms with E-state index in [0.29, 0.717) is 12.5 Å². The van der Waals surface area contributed by atoms with Crippen LogP contribution in [0.5, 0.6) is 0 Å². The summed E-state index contributed by atoms with van der Waals surface area (Å²) in [6.07, 6.45) is 5.39. The molecule has 0 amide bonds. The molecule has 2 aliphatic heterocycles. The third-order valence-electron chi connectivity index (χ3n) is 6.16. The molecule has 0 aromatic carbocycles. The SMILES string of the molecule is O=c1cc2c(nn1CC1CCN(Cc3cc4n(n3)CCOC4)CC1)CCC2. The van der Waals surface area contributed by atoms with E-state index < -0.39 is 0 Å². The van der Waals surface area contributed by atoms with Crippen LogP contribution in [0, 0.1) is 5.92 Å². The zero-order chi connectivity index (χ0) is 18.2. The summed E-state index contributed by atoms with van der Waals surface area (Å²) in [5.74, 6) is 0.537. The lowest BCUT2D eigenvalue weighted by molar-refractivity contribution is 0.0799. The molecule has 144 valence electrons. The summed E-state index contributed by atoms with van der Waals surface area (Å²) >= 11 is 0. The van der Waals surface area contributed by atoms with Gasteiger partial charge in [0.2, 0.25) is 0 Å². The van der Waals surface area contributed by atoms with Crippen molar-refractivity contribution in [1.82, 2.24) is 24.5 Å². The van der Waals surface area contributed by atoms with Crippen LogP contribution >= 0.6 is 0 Å². The maximum absolute atomic E-state index is 12.3. The first-order chi connectivity index (χ1) is 13.2. The molecule has 1 aliphatic carbocycles. The van der Waals surface area contributed by atoms with Crippen molar-refractivity contribution < 1.29 is 4.74 Å². The molecule has 0 N–H and O–H groups in total. The summed E-state index contributed by atoms with van der Waals surface area (Å²) < 4.78 is 9.30. The molecule has 1 fully saturated rings. The van der Waals surface area contributed by atoms with Gasteiger partial charge in [0.05, 0.1) is 36.8 Å². The van der Waals surface area contributed by atoms with Crippen LogP contribution < -0.4 is 5.56 Å². The molecule has 0 unspecified atom stereocenters. The number of rotatable bonds is 4. The maximum Gasteiger partial charge on any atom is 0.267 e. The second-order valence-corrected chi connectivity index (χ2v) is 8.11. The number of likely N-dealkylation sites (tertiary alicyclic amines) is 1. The van der Waals surface area contributed by atoms with Crippen LogP contribution in [0.3, 0.4) is 0 Å². The fourth-order valence-electron chi connectivity index (χ4n) is 4.60. The minimum atomic E-state index is 0.0730. The Hall–Kier alpha value is -1.99. The summed E-state index contributed by atoms with van der Waals surface area (Å²) in [6, 6.07) is 3.99. The Morgan fingerprint density at radius 3 is 2.85 bits per heavy atom. The summed E-state index contributed by atoms with van der Waals surface area (Å²) in [7, 11) is 0. The van der Waals surface area contributed by atoms with Gasteiger partial charge in [0.15, 0.2) is 0 Å². The molecule has 0 bridgehead atoms. The molecule has 27 heavy (non-hydrogen) atoms. The molecular formula is C20H27N5O2. The third kappa shape index (κ3) is 3.58. The smallest absolute Gasteiger partial charge is 0.267 e. The van der Waals surface area contributed by atoms with E-state index in [-0.39, 0.29) is 5.56 Å². The highest BCUT2D eigenvalue weighted by Crippen LogP contribution is 2.22. The summed E-state index contributed by atoms with van der Waals surface area (Å²) in [4.78, 5) is 14.8. The number of aryl methyl sites for hydroxylation is 2. The molecular weight excluding hydrogens is 342 g/mol. The van der Waals surface area contributed by atoms with Gasteiger partial charge in [0.1, 0.15) is 0 Å². The van der Waals surface area contributed by atoms with Crippen LogP contribution in [-0.4, -0.2) is 44.2 Å². The first-order valence-corrected chi connectivity index (χ1v) is 10.2. The van der Waals surface area contributed by atoms with Gasteiger partial charge >= 0.3 is 0 Å². The molecule has 7 heteroatoms. The number of fused-ring (bicyclic) bond motifs is 2. The van der Waals surface area contributed by atoms with Gasteiger partial charge in [-0.05, 0) is 62.7 Å². The molecule has 0 atom stereocenters. The second-order valence-electron chi connectivity index (χ2n) is 8.11. The Kier molecular flexibility index (Phi) is 4.57. The first-order valence-electron chi connectivity index (χ1n) is 10.2. The molecule has 5 rings (SSSR count). The van der Waals surface area contributed by atoms with Crippen LogP contribution in [0.4, 0.5) is 0 Å². The van der Waals surface area contributed by atoms with Crippen LogP contribution in [0.15, 0.2) is 16.9 Å². The standard InChI is InChI=1S/C20H27N5O2/c26-20-10-16-2-1-3-19(16)22-25(20)12-15-4-6-23(7-5-15)13-17-11-18-14-27-9-8-24(18)21-17/h10-11,15H,1-9,12-14H2. The van der Waals surface area contributed by atoms with E-state index in [1.54, 1.807) is 4.68 Å². The lowest BCUT2D eigenvalue weighted by Crippen LogP contribution is -2.36.